The summed E-state index contributed by atoms with van der Waals surface area (Å²) in [5, 5.41) is 21.8. The lowest BCUT2D eigenvalue weighted by atomic mass is 10.0. The molecule has 0 radical (unpaired) electrons. The summed E-state index contributed by atoms with van der Waals surface area (Å²) >= 11 is 0. The van der Waals surface area contributed by atoms with E-state index in [0.717, 1.165) is 11.3 Å². The van der Waals surface area contributed by atoms with Gasteiger partial charge in [0, 0.05) is 12.2 Å². The molecule has 0 aromatic heterocycles. The van der Waals surface area contributed by atoms with E-state index >= 15 is 0 Å². The summed E-state index contributed by atoms with van der Waals surface area (Å²) in [6.45, 7) is 6.17. The molecular weight excluding hydrogens is 200 g/mol. The maximum absolute atomic E-state index is 9.84. The molecule has 0 spiro atoms. The van der Waals surface area contributed by atoms with Crippen LogP contribution >= 0.6 is 0 Å². The highest BCUT2D eigenvalue weighted by Gasteiger charge is 2.16. The van der Waals surface area contributed by atoms with Crippen molar-refractivity contribution in [3.05, 3.63) is 29.3 Å². The summed E-state index contributed by atoms with van der Waals surface area (Å²) < 4.78 is 0. The Morgan fingerprint density at radius 3 is 2.69 bits per heavy atom. The zero-order valence-corrected chi connectivity index (χ0v) is 10.0. The van der Waals surface area contributed by atoms with Gasteiger partial charge in [0.1, 0.15) is 0 Å². The van der Waals surface area contributed by atoms with E-state index in [-0.39, 0.29) is 0 Å². The van der Waals surface area contributed by atoms with Crippen molar-refractivity contribution in [3.63, 3.8) is 0 Å². The Labute approximate surface area is 96.7 Å². The van der Waals surface area contributed by atoms with Gasteiger partial charge in [0.25, 0.3) is 0 Å². The molecule has 0 fully saturated rings. The van der Waals surface area contributed by atoms with Crippen molar-refractivity contribution in [2.24, 2.45) is 0 Å². The van der Waals surface area contributed by atoms with Crippen LogP contribution in [-0.2, 0) is 0 Å². The van der Waals surface area contributed by atoms with Crippen molar-refractivity contribution in [1.29, 1.82) is 5.26 Å². The predicted molar refractivity (Wildman–Crippen MR) is 65.3 cm³/mol. The first-order chi connectivity index (χ1) is 7.48. The molecule has 16 heavy (non-hydrogen) atoms. The Balaban J connectivity index is 2.70. The van der Waals surface area contributed by atoms with Gasteiger partial charge >= 0.3 is 0 Å². The van der Waals surface area contributed by atoms with E-state index in [1.54, 1.807) is 13.0 Å². The van der Waals surface area contributed by atoms with E-state index in [2.05, 4.69) is 11.4 Å². The first-order valence-corrected chi connectivity index (χ1v) is 5.45. The molecule has 3 heteroatoms. The minimum Gasteiger partial charge on any atom is -0.388 e. The Bertz CT molecular complexity index is 405. The number of benzene rings is 1. The molecule has 2 N–H and O–H groups in total. The lowest BCUT2D eigenvalue weighted by molar-refractivity contribution is 0.0697. The van der Waals surface area contributed by atoms with Gasteiger partial charge < -0.3 is 10.4 Å². The Morgan fingerprint density at radius 1 is 1.50 bits per heavy atom. The average Bonchev–Trinajstić information content (AvgIpc) is 2.27. The second-order valence-corrected chi connectivity index (χ2v) is 4.35. The molecule has 0 saturated carbocycles. The third-order valence-corrected chi connectivity index (χ3v) is 2.78. The van der Waals surface area contributed by atoms with Gasteiger partial charge in [0.15, 0.2) is 0 Å². The van der Waals surface area contributed by atoms with Gasteiger partial charge in [-0.3, -0.25) is 0 Å². The molecule has 86 valence electrons. The van der Waals surface area contributed by atoms with Crippen LogP contribution in [0.2, 0.25) is 0 Å². The first kappa shape index (κ1) is 12.5. The third kappa shape index (κ3) is 3.25. The van der Waals surface area contributed by atoms with Crippen molar-refractivity contribution in [2.45, 2.75) is 32.8 Å². The summed E-state index contributed by atoms with van der Waals surface area (Å²) in [5.74, 6) is 0. The van der Waals surface area contributed by atoms with Gasteiger partial charge in [-0.25, -0.2) is 0 Å². The van der Waals surface area contributed by atoms with Gasteiger partial charge in [-0.05, 0) is 44.0 Å². The van der Waals surface area contributed by atoms with Crippen LogP contribution in [0.25, 0.3) is 0 Å². The zero-order chi connectivity index (χ0) is 12.2. The van der Waals surface area contributed by atoms with Crippen molar-refractivity contribution < 1.29 is 5.11 Å². The molecule has 0 bridgehead atoms. The number of aliphatic hydroxyl groups is 1. The first-order valence-electron chi connectivity index (χ1n) is 5.45. The van der Waals surface area contributed by atoms with E-state index in [1.165, 1.54) is 0 Å². The monoisotopic (exact) mass is 218 g/mol. The molecule has 0 heterocycles. The van der Waals surface area contributed by atoms with Gasteiger partial charge in [0.05, 0.1) is 17.2 Å². The number of rotatable bonds is 4. The number of anilines is 1. The van der Waals surface area contributed by atoms with Crippen LogP contribution in [0.5, 0.6) is 0 Å². The van der Waals surface area contributed by atoms with Crippen molar-refractivity contribution in [3.8, 4) is 6.07 Å². The molecular formula is C13H18N2O. The molecule has 0 aliphatic heterocycles. The van der Waals surface area contributed by atoms with Crippen LogP contribution in [0.4, 0.5) is 5.69 Å². The summed E-state index contributed by atoms with van der Waals surface area (Å²) in [4.78, 5) is 0. The number of nitriles is 1. The molecule has 3 nitrogen and oxygen atoms in total. The summed E-state index contributed by atoms with van der Waals surface area (Å²) in [6, 6.07) is 7.70. The summed E-state index contributed by atoms with van der Waals surface area (Å²) in [6.07, 6.45) is 0.704. The zero-order valence-electron chi connectivity index (χ0n) is 10.0. The van der Waals surface area contributed by atoms with Gasteiger partial charge in [-0.15, -0.1) is 0 Å². The van der Waals surface area contributed by atoms with Gasteiger partial charge in [-0.2, -0.15) is 5.26 Å². The molecule has 0 aliphatic carbocycles. The summed E-state index contributed by atoms with van der Waals surface area (Å²) in [5.41, 5.74) is 1.88. The van der Waals surface area contributed by atoms with Crippen molar-refractivity contribution in [2.75, 3.05) is 11.9 Å². The second-order valence-electron chi connectivity index (χ2n) is 4.35. The predicted octanol–water partition coefficient (Wildman–Crippen LogP) is 2.44. The van der Waals surface area contributed by atoms with Crippen LogP contribution in [0.3, 0.4) is 0 Å². The minimum atomic E-state index is -0.693. The maximum atomic E-state index is 9.84. The lowest BCUT2D eigenvalue weighted by Gasteiger charge is -2.22. The molecule has 1 rings (SSSR count). The van der Waals surface area contributed by atoms with Crippen LogP contribution in [0.15, 0.2) is 18.2 Å². The molecule has 0 amide bonds. The fourth-order valence-corrected chi connectivity index (χ4v) is 1.32. The lowest BCUT2D eigenvalue weighted by Crippen LogP contribution is -2.32. The largest absolute Gasteiger partial charge is 0.388 e. The van der Waals surface area contributed by atoms with Crippen LogP contribution in [0.1, 0.15) is 31.4 Å². The highest BCUT2D eigenvalue weighted by molar-refractivity contribution is 5.51. The normalized spacial score (nSPS) is 13.9. The topological polar surface area (TPSA) is 56.0 Å². The van der Waals surface area contributed by atoms with Crippen LogP contribution in [-0.4, -0.2) is 17.3 Å². The van der Waals surface area contributed by atoms with Crippen LogP contribution < -0.4 is 5.32 Å². The molecule has 1 atom stereocenters. The molecule has 1 unspecified atom stereocenters. The highest BCUT2D eigenvalue weighted by Crippen LogP contribution is 2.16. The maximum Gasteiger partial charge on any atom is 0.0994 e. The molecule has 1 aromatic rings. The van der Waals surface area contributed by atoms with Gasteiger partial charge in [-0.1, -0.05) is 6.92 Å². The second kappa shape index (κ2) is 5.00. The fraction of sp³-hybridized carbons (Fsp3) is 0.462. The van der Waals surface area contributed by atoms with E-state index < -0.39 is 5.60 Å². The third-order valence-electron chi connectivity index (χ3n) is 2.78. The Kier molecular flexibility index (Phi) is 3.92. The molecule has 0 aliphatic rings. The number of hydrogen-bond acceptors (Lipinski definition) is 3. The van der Waals surface area contributed by atoms with Crippen molar-refractivity contribution >= 4 is 5.69 Å². The smallest absolute Gasteiger partial charge is 0.0994 e. The molecule has 1 aromatic carbocycles. The number of nitrogens with one attached hydrogen (secondary N) is 1. The van der Waals surface area contributed by atoms with E-state index in [1.807, 2.05) is 26.0 Å². The molecule has 0 saturated heterocycles. The average molecular weight is 218 g/mol. The standard InChI is InChI=1S/C13H18N2O/c1-4-13(3,16)9-15-12-6-5-11(8-14)10(2)7-12/h5-7,15-16H,4,9H2,1-3H3. The Hall–Kier alpha value is -1.53. The van der Waals surface area contributed by atoms with E-state index in [4.69, 9.17) is 5.26 Å². The SMILES string of the molecule is CCC(C)(O)CNc1ccc(C#N)c(C)c1. The van der Waals surface area contributed by atoms with Gasteiger partial charge in [0.2, 0.25) is 0 Å². The van der Waals surface area contributed by atoms with E-state index in [9.17, 15) is 5.11 Å². The highest BCUT2D eigenvalue weighted by atomic mass is 16.3. The quantitative estimate of drug-likeness (QED) is 0.816. The number of nitrogens with zero attached hydrogens (tertiary/aromatic N) is 1. The summed E-state index contributed by atoms with van der Waals surface area (Å²) in [7, 11) is 0. The fourth-order valence-electron chi connectivity index (χ4n) is 1.32. The number of aryl methyl sites for hydroxylation is 1. The van der Waals surface area contributed by atoms with Crippen molar-refractivity contribution in [1.82, 2.24) is 0 Å². The Morgan fingerprint density at radius 2 is 2.19 bits per heavy atom. The minimum absolute atomic E-state index is 0.509. The number of hydrogen-bond donors (Lipinski definition) is 2. The van der Waals surface area contributed by atoms with E-state index in [0.29, 0.717) is 18.5 Å². The van der Waals surface area contributed by atoms with Crippen LogP contribution in [0, 0.1) is 18.3 Å².